The molecule has 17 rings (SSSR count). The van der Waals surface area contributed by atoms with Crippen LogP contribution >= 0.6 is 72.3 Å². The summed E-state index contributed by atoms with van der Waals surface area (Å²) in [7, 11) is -4.32. The number of rotatable bonds is 15. The van der Waals surface area contributed by atoms with E-state index in [1.54, 1.807) is 68.7 Å². The number of hydrogen-bond acceptors (Lipinski definition) is 21. The Morgan fingerprint density at radius 2 is 0.799 bits per heavy atom. The summed E-state index contributed by atoms with van der Waals surface area (Å²) in [6.45, 7) is 16.7. The van der Waals surface area contributed by atoms with Gasteiger partial charge in [-0.15, -0.1) is 0 Å². The fourth-order valence-corrected chi connectivity index (χ4v) is 22.0. The molecular formula is C92H101Cl5F10N18O7P2. The molecule has 0 radical (unpaired) electrons. The quantitative estimate of drug-likeness (QED) is 0.0568. The normalized spacial score (nSPS) is 17.4. The number of fused-ring (bicyclic) bond motifs is 4. The summed E-state index contributed by atoms with van der Waals surface area (Å²) in [6, 6.07) is 15.3. The van der Waals surface area contributed by atoms with Gasteiger partial charge in [0.05, 0.1) is 105 Å². The number of nitrogens with zero attached hydrogens (tertiary/aromatic N) is 18. The molecule has 4 aromatic carbocycles. The van der Waals surface area contributed by atoms with Crippen LogP contribution in [-0.2, 0) is 79.5 Å². The zero-order valence-electron chi connectivity index (χ0n) is 74.2. The van der Waals surface area contributed by atoms with Crippen LogP contribution in [0.1, 0.15) is 147 Å². The zero-order chi connectivity index (χ0) is 95.9. The van der Waals surface area contributed by atoms with Crippen molar-refractivity contribution in [1.82, 2.24) is 64.4 Å². The van der Waals surface area contributed by atoms with E-state index < -0.39 is 55.3 Å². The molecule has 4 amide bonds. The minimum Gasteiger partial charge on any atom is -0.395 e. The molecule has 4 fully saturated rings. The molecule has 13 heterocycles. The SMILES string of the molecule is CP1(=O)CCN(C(=O)c2cnc3c(n2)N(Cc2c(F)ccc(Cl)c2Cl)CCC3)CC1.Cc1c(C(=O)N2CCN(c3ncccn3)CC2)cnc2c1N(Cc1cc(Cl)ccc1C(F)(F)F)CCC2.Cc1c(C(=O)N2CCP(C)(=O)CC2)cnc2c1N(Cc1cc(Cl)ccc1C(F)(F)F)CCCC2.O=C(c1cnc2c(n1)N(Cc1cc(Cl)ccc1C(F)(F)F)CCC2)N1CCN(CCO)CC1. The maximum absolute atomic E-state index is 14.4. The van der Waals surface area contributed by atoms with Crippen LogP contribution in [-0.4, -0.2) is 249 Å². The average molecular weight is 2000 g/mol. The molecule has 8 aliphatic rings. The number of aryl methyl sites for hydroxylation is 4. The highest BCUT2D eigenvalue weighted by atomic mass is 35.5. The lowest BCUT2D eigenvalue weighted by Gasteiger charge is -2.36. The van der Waals surface area contributed by atoms with Gasteiger partial charge in [-0.3, -0.25) is 44.0 Å². The monoisotopic (exact) mass is 2000 g/mol. The van der Waals surface area contributed by atoms with Gasteiger partial charge in [-0.25, -0.2) is 24.3 Å². The Labute approximate surface area is 794 Å². The van der Waals surface area contributed by atoms with Gasteiger partial charge in [0.25, 0.3) is 23.6 Å². The number of aliphatic hydroxyl groups is 1. The first kappa shape index (κ1) is 100. The summed E-state index contributed by atoms with van der Waals surface area (Å²) in [6.07, 6.45) is 4.86. The van der Waals surface area contributed by atoms with Gasteiger partial charge in [-0.2, -0.15) is 39.5 Å². The van der Waals surface area contributed by atoms with Crippen molar-refractivity contribution in [1.29, 1.82) is 0 Å². The molecule has 25 nitrogen and oxygen atoms in total. The van der Waals surface area contributed by atoms with E-state index in [1.165, 1.54) is 60.9 Å². The standard InChI is InChI=1S/C26H26ClF3N6O.C24H28ClF3N3O2P.C22H25ClF3N5O2.C20H22Cl2FN4O2P/c1-17-20(24(37)34-10-12-35(13-11-34)25-31-7-3-8-32-25)15-33-22-4-2-9-36(23(17)22)16-18-14-19(27)5-6-21(18)26(28,29)30;1-16-19(23(32)30-9-11-34(2,33)12-10-30)14-29-21-5-3-4-8-31(22(16)21)15-17-13-18(25)6-7-20(17)24(26,27)28;23-16-3-4-17(22(24,25)26)15(12-16)14-31-5-1-2-18-20(31)28-19(13-27-18)21(33)30-8-6-29(7-9-30)10-11-32;1-30(29)9-7-26(8-10-30)20(28)17-11-24-16-3-2-6-27(19(16)25-17)12-13-15(23)5-4-14(21)18(13)22/h3,5-8,14-15H,2,4,9-13,16H2,1H3;6-7,13-14H,3-5,8-12,15H2,1-2H3;3-4,12-13,32H,1-2,5-11,14H2;4-5,11H,2-3,6-10,12H2,1H3. The lowest BCUT2D eigenvalue weighted by Crippen LogP contribution is -2.49. The number of carbonyl (C=O) groups excluding carboxylic acids is 4. The molecule has 0 bridgehead atoms. The summed E-state index contributed by atoms with van der Waals surface area (Å²) in [5.41, 5.74) is 5.68. The van der Waals surface area contributed by atoms with Gasteiger partial charge < -0.3 is 58.3 Å². The maximum Gasteiger partial charge on any atom is 0.416 e. The van der Waals surface area contributed by atoms with Crippen LogP contribution in [0.4, 0.5) is 72.9 Å². The Morgan fingerprint density at radius 3 is 1.24 bits per heavy atom. The smallest absolute Gasteiger partial charge is 0.395 e. The van der Waals surface area contributed by atoms with E-state index in [9.17, 15) is 72.2 Å². The third-order valence-corrected chi connectivity index (χ3v) is 31.4. The summed E-state index contributed by atoms with van der Waals surface area (Å²) in [4.78, 5) is 107. The molecule has 0 atom stereocenters. The number of aromatic nitrogens is 8. The number of amides is 4. The molecule has 0 saturated carbocycles. The van der Waals surface area contributed by atoms with Gasteiger partial charge in [0, 0.05) is 208 Å². The number of halogens is 15. The van der Waals surface area contributed by atoms with Crippen molar-refractivity contribution < 1.29 is 77.3 Å². The molecule has 0 aliphatic carbocycles. The molecule has 1 N–H and O–H groups in total. The van der Waals surface area contributed by atoms with Gasteiger partial charge in [-0.05, 0) is 186 Å². The van der Waals surface area contributed by atoms with E-state index in [0.29, 0.717) is 200 Å². The van der Waals surface area contributed by atoms with Crippen LogP contribution in [0.2, 0.25) is 25.1 Å². The van der Waals surface area contributed by atoms with Gasteiger partial charge in [0.2, 0.25) is 5.95 Å². The Morgan fingerprint density at radius 1 is 0.425 bits per heavy atom. The van der Waals surface area contributed by atoms with Gasteiger partial charge in [0.1, 0.15) is 17.2 Å². The first-order valence-corrected chi connectivity index (χ1v) is 51.1. The molecule has 0 spiro atoms. The van der Waals surface area contributed by atoms with Crippen LogP contribution < -0.4 is 24.5 Å². The zero-order valence-corrected chi connectivity index (χ0v) is 79.7. The number of anilines is 5. The first-order valence-electron chi connectivity index (χ1n) is 44.2. The van der Waals surface area contributed by atoms with Crippen molar-refractivity contribution in [2.45, 2.75) is 116 Å². The molecular weight excluding hydrogens is 1900 g/mol. The second kappa shape index (κ2) is 43.0. The number of carbonyl (C=O) groups is 4. The second-order valence-electron chi connectivity index (χ2n) is 34.7. The van der Waals surface area contributed by atoms with Crippen molar-refractivity contribution in [2.75, 3.05) is 180 Å². The van der Waals surface area contributed by atoms with Crippen molar-refractivity contribution in [3.8, 4) is 0 Å². The van der Waals surface area contributed by atoms with Crippen LogP contribution in [0.5, 0.6) is 0 Å². The molecule has 42 heteroatoms. The number of piperazine rings is 2. The number of pyridine rings is 2. The molecule has 4 saturated heterocycles. The third kappa shape index (κ3) is 24.3. The van der Waals surface area contributed by atoms with Crippen LogP contribution in [0.3, 0.4) is 0 Å². The van der Waals surface area contributed by atoms with Crippen molar-refractivity contribution >= 4 is 125 Å². The summed E-state index contributed by atoms with van der Waals surface area (Å²) < 4.78 is 162. The largest absolute Gasteiger partial charge is 0.416 e. The summed E-state index contributed by atoms with van der Waals surface area (Å²) in [5.74, 6) is 0.437. The highest BCUT2D eigenvalue weighted by molar-refractivity contribution is 7.63. The highest BCUT2D eigenvalue weighted by Gasteiger charge is 2.41. The molecule has 9 aromatic rings. The lowest BCUT2D eigenvalue weighted by atomic mass is 9.98. The van der Waals surface area contributed by atoms with Crippen LogP contribution in [0.15, 0.2) is 110 Å². The number of benzene rings is 4. The molecule has 8 aliphatic heterocycles. The molecule has 716 valence electrons. The fourth-order valence-electron chi connectivity index (χ4n) is 17.9. The minimum absolute atomic E-state index is 0.0191. The van der Waals surface area contributed by atoms with Crippen LogP contribution in [0, 0.1) is 19.7 Å². The van der Waals surface area contributed by atoms with E-state index in [2.05, 4.69) is 44.8 Å². The van der Waals surface area contributed by atoms with Gasteiger partial charge >= 0.3 is 18.5 Å². The number of alkyl halides is 9. The van der Waals surface area contributed by atoms with E-state index in [0.717, 1.165) is 96.3 Å². The Kier molecular flexibility index (Phi) is 32.2. The Bertz CT molecular complexity index is 5900. The molecule has 134 heavy (non-hydrogen) atoms. The van der Waals surface area contributed by atoms with Crippen molar-refractivity contribution in [3.05, 3.63) is 236 Å². The topological polar surface area (TPSA) is 258 Å². The first-order chi connectivity index (χ1) is 63.7. The van der Waals surface area contributed by atoms with Crippen molar-refractivity contribution in [2.24, 2.45) is 0 Å². The number of hydrogen-bond donors (Lipinski definition) is 1. The predicted molar refractivity (Wildman–Crippen MR) is 498 cm³/mol. The van der Waals surface area contributed by atoms with E-state index >= 15 is 0 Å². The average Bonchev–Trinajstić information content (AvgIpc) is 1.31. The predicted octanol–water partition coefficient (Wildman–Crippen LogP) is 17.8. The minimum atomic E-state index is -4.50. The number of β-amino-alcohol motifs (C(OH)–C–C–N with tert-alkyl or cyclic N) is 1. The van der Waals surface area contributed by atoms with E-state index in [1.807, 2.05) is 33.4 Å². The van der Waals surface area contributed by atoms with Crippen LogP contribution in [0.25, 0.3) is 0 Å². The van der Waals surface area contributed by atoms with Crippen molar-refractivity contribution in [3.63, 3.8) is 0 Å². The number of aliphatic hydroxyl groups excluding tert-OH is 1. The van der Waals surface area contributed by atoms with Gasteiger partial charge in [0.15, 0.2) is 11.6 Å². The third-order valence-electron chi connectivity index (χ3n) is 25.3. The Balaban J connectivity index is 0.000000144. The molecule has 5 aromatic heterocycles. The fraction of sp³-hybridized carbons (Fsp3) is 0.457. The van der Waals surface area contributed by atoms with Gasteiger partial charge in [-0.1, -0.05) is 58.0 Å². The Hall–Kier alpha value is -9.57. The summed E-state index contributed by atoms with van der Waals surface area (Å²) >= 11 is 30.4. The van der Waals surface area contributed by atoms with E-state index in [-0.39, 0.29) is 105 Å². The lowest BCUT2D eigenvalue weighted by molar-refractivity contribution is -0.139. The second-order valence-corrected chi connectivity index (χ2v) is 43.7. The maximum atomic E-state index is 14.4. The summed E-state index contributed by atoms with van der Waals surface area (Å²) in [5, 5.41) is 10.3. The molecule has 0 unspecified atom stereocenters. The highest BCUT2D eigenvalue weighted by Crippen LogP contribution is 2.47. The van der Waals surface area contributed by atoms with E-state index in [4.69, 9.17) is 63.1 Å².